The Balaban J connectivity index is 4.57. The van der Waals surface area contributed by atoms with E-state index >= 15 is 0 Å². The van der Waals surface area contributed by atoms with Crippen molar-refractivity contribution < 1.29 is 9.53 Å². The van der Waals surface area contributed by atoms with Crippen molar-refractivity contribution in [2.24, 2.45) is 22.7 Å². The maximum absolute atomic E-state index is 11.4. The molecule has 0 N–H and O–H groups in total. The SMILES string of the molecule is C=C(C)C(=O)OCSC(C)CC(C)(C)C(C)(C)C(C)C(C)C. The topological polar surface area (TPSA) is 26.3 Å². The highest BCUT2D eigenvalue weighted by molar-refractivity contribution is 7.99. The molecule has 2 unspecified atom stereocenters. The molecule has 0 saturated carbocycles. The first-order valence-electron chi connectivity index (χ1n) is 8.27. The van der Waals surface area contributed by atoms with E-state index in [1.807, 2.05) is 0 Å². The zero-order valence-electron chi connectivity index (χ0n) is 16.1. The van der Waals surface area contributed by atoms with Gasteiger partial charge in [-0.1, -0.05) is 62.0 Å². The fraction of sp³-hybridized carbons (Fsp3) is 0.842. The molecule has 0 heterocycles. The number of carbonyl (C=O) groups excluding carboxylic acids is 1. The minimum atomic E-state index is -0.298. The van der Waals surface area contributed by atoms with Crippen LogP contribution < -0.4 is 0 Å². The van der Waals surface area contributed by atoms with E-state index in [1.54, 1.807) is 18.7 Å². The number of carbonyl (C=O) groups is 1. The number of hydrogen-bond donors (Lipinski definition) is 0. The first kappa shape index (κ1) is 21.6. The van der Waals surface area contributed by atoms with Crippen LogP contribution in [0.5, 0.6) is 0 Å². The highest BCUT2D eigenvalue weighted by atomic mass is 32.2. The fourth-order valence-electron chi connectivity index (χ4n) is 2.82. The van der Waals surface area contributed by atoms with Crippen LogP contribution in [0.1, 0.15) is 68.7 Å². The molecular formula is C19H36O2S. The summed E-state index contributed by atoms with van der Waals surface area (Å²) in [6, 6.07) is 0. The molecule has 0 amide bonds. The van der Waals surface area contributed by atoms with E-state index in [1.165, 1.54) is 0 Å². The van der Waals surface area contributed by atoms with Crippen LogP contribution in [0.2, 0.25) is 0 Å². The van der Waals surface area contributed by atoms with Crippen molar-refractivity contribution in [3.8, 4) is 0 Å². The molecule has 130 valence electrons. The van der Waals surface area contributed by atoms with E-state index in [0.717, 1.165) is 6.42 Å². The molecule has 2 nitrogen and oxygen atoms in total. The predicted molar refractivity (Wildman–Crippen MR) is 99.0 cm³/mol. The third kappa shape index (κ3) is 5.98. The Bertz CT molecular complexity index is 383. The van der Waals surface area contributed by atoms with Crippen LogP contribution in [0, 0.1) is 22.7 Å². The van der Waals surface area contributed by atoms with Gasteiger partial charge in [0.25, 0.3) is 0 Å². The summed E-state index contributed by atoms with van der Waals surface area (Å²) in [7, 11) is 0. The second kappa shape index (κ2) is 8.42. The average Bonchev–Trinajstić information content (AvgIpc) is 2.36. The molecule has 0 aromatic rings. The molecule has 0 aliphatic heterocycles. The Morgan fingerprint density at radius 1 is 1.14 bits per heavy atom. The molecule has 2 atom stereocenters. The van der Waals surface area contributed by atoms with E-state index < -0.39 is 0 Å². The maximum Gasteiger partial charge on any atom is 0.333 e. The van der Waals surface area contributed by atoms with E-state index in [9.17, 15) is 4.79 Å². The lowest BCUT2D eigenvalue weighted by Gasteiger charge is -2.48. The Morgan fingerprint density at radius 3 is 2.05 bits per heavy atom. The number of hydrogen-bond acceptors (Lipinski definition) is 3. The summed E-state index contributed by atoms with van der Waals surface area (Å²) >= 11 is 1.70. The van der Waals surface area contributed by atoms with Crippen LogP contribution in [0.4, 0.5) is 0 Å². The Morgan fingerprint density at radius 2 is 1.64 bits per heavy atom. The van der Waals surface area contributed by atoms with Gasteiger partial charge in [0.05, 0.1) is 0 Å². The van der Waals surface area contributed by atoms with Gasteiger partial charge in [-0.15, -0.1) is 11.8 Å². The van der Waals surface area contributed by atoms with Crippen molar-refractivity contribution in [1.82, 2.24) is 0 Å². The third-order valence-electron chi connectivity index (χ3n) is 5.57. The van der Waals surface area contributed by atoms with Gasteiger partial charge in [0, 0.05) is 10.8 Å². The molecule has 22 heavy (non-hydrogen) atoms. The molecule has 0 radical (unpaired) electrons. The lowest BCUT2D eigenvalue weighted by Crippen LogP contribution is -2.41. The molecule has 0 bridgehead atoms. The highest BCUT2D eigenvalue weighted by Gasteiger charge is 2.42. The molecule has 3 heteroatoms. The normalized spacial score (nSPS) is 15.5. The van der Waals surface area contributed by atoms with Gasteiger partial charge in [-0.3, -0.25) is 0 Å². The molecular weight excluding hydrogens is 292 g/mol. The van der Waals surface area contributed by atoms with Crippen molar-refractivity contribution in [1.29, 1.82) is 0 Å². The standard InChI is InChI=1S/C19H36O2S/c1-13(2)16(6)19(9,10)18(7,8)11-15(5)22-12-21-17(20)14(3)4/h13,15-16H,3,11-12H2,1-2,4-10H3. The summed E-state index contributed by atoms with van der Waals surface area (Å²) in [4.78, 5) is 11.4. The second-order valence-corrected chi connectivity index (χ2v) is 9.52. The Hall–Kier alpha value is -0.440. The van der Waals surface area contributed by atoms with Gasteiger partial charge < -0.3 is 4.74 Å². The summed E-state index contributed by atoms with van der Waals surface area (Å²) < 4.78 is 5.18. The first-order chi connectivity index (χ1) is 9.83. The van der Waals surface area contributed by atoms with Gasteiger partial charge in [0.1, 0.15) is 5.94 Å². The third-order valence-corrected chi connectivity index (χ3v) is 6.56. The minimum Gasteiger partial charge on any atom is -0.451 e. The van der Waals surface area contributed by atoms with Crippen molar-refractivity contribution >= 4 is 17.7 Å². The van der Waals surface area contributed by atoms with Gasteiger partial charge in [-0.2, -0.15) is 0 Å². The summed E-state index contributed by atoms with van der Waals surface area (Å²) in [5.41, 5.74) is 0.937. The zero-order valence-corrected chi connectivity index (χ0v) is 16.9. The molecule has 0 rings (SSSR count). The number of ether oxygens (including phenoxy) is 1. The van der Waals surface area contributed by atoms with E-state index in [-0.39, 0.29) is 16.8 Å². The van der Waals surface area contributed by atoms with Crippen molar-refractivity contribution in [2.45, 2.75) is 74.0 Å². The molecule has 0 aliphatic rings. The molecule has 0 spiro atoms. The largest absolute Gasteiger partial charge is 0.451 e. The van der Waals surface area contributed by atoms with Gasteiger partial charge in [-0.25, -0.2) is 4.79 Å². The lowest BCUT2D eigenvalue weighted by atomic mass is 9.57. The average molecular weight is 329 g/mol. The number of thioether (sulfide) groups is 1. The van der Waals surface area contributed by atoms with Gasteiger partial charge in [0.2, 0.25) is 0 Å². The maximum atomic E-state index is 11.4. The summed E-state index contributed by atoms with van der Waals surface area (Å²) in [6.45, 7) is 24.0. The Labute approximate surface area is 142 Å². The van der Waals surface area contributed by atoms with Crippen LogP contribution in [0.3, 0.4) is 0 Å². The monoisotopic (exact) mass is 328 g/mol. The van der Waals surface area contributed by atoms with Gasteiger partial charge in [0.15, 0.2) is 0 Å². The quantitative estimate of drug-likeness (QED) is 0.298. The molecule has 0 aliphatic carbocycles. The van der Waals surface area contributed by atoms with Crippen molar-refractivity contribution in [2.75, 3.05) is 5.94 Å². The van der Waals surface area contributed by atoms with Gasteiger partial charge in [-0.05, 0) is 36.0 Å². The van der Waals surface area contributed by atoms with Crippen LogP contribution in [-0.4, -0.2) is 17.2 Å². The second-order valence-electron chi connectivity index (χ2n) is 8.15. The van der Waals surface area contributed by atoms with Crippen molar-refractivity contribution in [3.63, 3.8) is 0 Å². The van der Waals surface area contributed by atoms with E-state index in [4.69, 9.17) is 4.74 Å². The first-order valence-corrected chi connectivity index (χ1v) is 9.32. The van der Waals surface area contributed by atoms with Crippen molar-refractivity contribution in [3.05, 3.63) is 12.2 Å². The molecule has 0 fully saturated rings. The minimum absolute atomic E-state index is 0.224. The van der Waals surface area contributed by atoms with E-state index in [2.05, 4.69) is 62.0 Å². The number of rotatable bonds is 9. The summed E-state index contributed by atoms with van der Waals surface area (Å²) in [5, 5.41) is 0.451. The highest BCUT2D eigenvalue weighted by Crippen LogP contribution is 2.50. The van der Waals surface area contributed by atoms with Crippen LogP contribution in [0.15, 0.2) is 12.2 Å². The van der Waals surface area contributed by atoms with Crippen LogP contribution >= 0.6 is 11.8 Å². The predicted octanol–water partition coefficient (Wildman–Crippen LogP) is 5.92. The van der Waals surface area contributed by atoms with Gasteiger partial charge >= 0.3 is 5.97 Å². The molecule has 0 aromatic carbocycles. The lowest BCUT2D eigenvalue weighted by molar-refractivity contribution is -0.136. The summed E-state index contributed by atoms with van der Waals surface area (Å²) in [6.07, 6.45) is 1.10. The zero-order chi connectivity index (χ0) is 17.7. The van der Waals surface area contributed by atoms with E-state index in [0.29, 0.717) is 28.6 Å². The summed E-state index contributed by atoms with van der Waals surface area (Å²) in [5.74, 6) is 1.44. The molecule has 0 saturated heterocycles. The number of esters is 1. The smallest absolute Gasteiger partial charge is 0.333 e. The Kier molecular flexibility index (Phi) is 8.25. The fourth-order valence-corrected chi connectivity index (χ4v) is 3.76. The van der Waals surface area contributed by atoms with Crippen LogP contribution in [0.25, 0.3) is 0 Å². The van der Waals surface area contributed by atoms with Crippen LogP contribution in [-0.2, 0) is 9.53 Å². The molecule has 0 aromatic heterocycles.